The fourth-order valence-corrected chi connectivity index (χ4v) is 5.69. The van der Waals surface area contributed by atoms with Gasteiger partial charge < -0.3 is 5.32 Å². The van der Waals surface area contributed by atoms with Crippen molar-refractivity contribution in [2.24, 2.45) is 0 Å². The molecule has 0 radical (unpaired) electrons. The van der Waals surface area contributed by atoms with Gasteiger partial charge in [0, 0.05) is 11.6 Å². The van der Waals surface area contributed by atoms with Crippen LogP contribution in [0.1, 0.15) is 28.4 Å². The molecule has 3 aromatic carbocycles. The highest BCUT2D eigenvalue weighted by molar-refractivity contribution is 7.92. The van der Waals surface area contributed by atoms with Gasteiger partial charge in [0.2, 0.25) is 0 Å². The number of rotatable bonds is 4. The minimum absolute atomic E-state index is 0.0359. The normalized spacial score (nSPS) is 15.9. The van der Waals surface area contributed by atoms with Gasteiger partial charge in [-0.3, -0.25) is 9.10 Å². The SMILES string of the molecule is C[C@H]1Cc2cc(C(=O)Nc3cc(C(F)(F)F)ccc3Cl)ccc2N1S(=O)(=O)c1ccccc1. The van der Waals surface area contributed by atoms with Gasteiger partial charge in [0.25, 0.3) is 15.9 Å². The van der Waals surface area contributed by atoms with E-state index in [-0.39, 0.29) is 27.2 Å². The van der Waals surface area contributed by atoms with Crippen molar-refractivity contribution in [1.82, 2.24) is 0 Å². The van der Waals surface area contributed by atoms with E-state index in [1.807, 2.05) is 0 Å². The third kappa shape index (κ3) is 4.43. The first-order valence-corrected chi connectivity index (χ1v) is 11.7. The Balaban J connectivity index is 1.63. The van der Waals surface area contributed by atoms with E-state index in [9.17, 15) is 26.4 Å². The maximum Gasteiger partial charge on any atom is 0.416 e. The highest BCUT2D eigenvalue weighted by atomic mass is 35.5. The summed E-state index contributed by atoms with van der Waals surface area (Å²) >= 11 is 5.96. The number of hydrogen-bond donors (Lipinski definition) is 1. The van der Waals surface area contributed by atoms with Gasteiger partial charge in [-0.25, -0.2) is 8.42 Å². The average molecular weight is 495 g/mol. The van der Waals surface area contributed by atoms with Crippen molar-refractivity contribution in [2.45, 2.75) is 30.5 Å². The lowest BCUT2D eigenvalue weighted by molar-refractivity contribution is -0.137. The van der Waals surface area contributed by atoms with Gasteiger partial charge in [-0.15, -0.1) is 0 Å². The second-order valence-corrected chi connectivity index (χ2v) is 9.88. The molecule has 1 atom stereocenters. The van der Waals surface area contributed by atoms with Crippen molar-refractivity contribution >= 4 is 38.9 Å². The predicted molar refractivity (Wildman–Crippen MR) is 120 cm³/mol. The Morgan fingerprint density at radius 1 is 1.06 bits per heavy atom. The number of amides is 1. The number of sulfonamides is 1. The zero-order valence-electron chi connectivity index (χ0n) is 17.2. The summed E-state index contributed by atoms with van der Waals surface area (Å²) in [6.45, 7) is 1.77. The maximum absolute atomic E-state index is 13.2. The summed E-state index contributed by atoms with van der Waals surface area (Å²) in [5, 5.41) is 2.37. The minimum atomic E-state index is -4.58. The third-order valence-electron chi connectivity index (χ3n) is 5.34. The lowest BCUT2D eigenvalue weighted by Crippen LogP contribution is -2.35. The maximum atomic E-state index is 13.2. The number of carbonyl (C=O) groups is 1. The van der Waals surface area contributed by atoms with Crippen LogP contribution in [0.2, 0.25) is 5.02 Å². The Morgan fingerprint density at radius 3 is 2.42 bits per heavy atom. The monoisotopic (exact) mass is 494 g/mol. The Labute approximate surface area is 193 Å². The van der Waals surface area contributed by atoms with Crippen LogP contribution in [0.25, 0.3) is 0 Å². The summed E-state index contributed by atoms with van der Waals surface area (Å²) in [5.41, 5.74) is 0.170. The van der Waals surface area contributed by atoms with E-state index >= 15 is 0 Å². The molecule has 5 nitrogen and oxygen atoms in total. The summed E-state index contributed by atoms with van der Waals surface area (Å²) < 4.78 is 66.6. The van der Waals surface area contributed by atoms with E-state index in [2.05, 4.69) is 5.32 Å². The number of nitrogens with one attached hydrogen (secondary N) is 1. The lowest BCUT2D eigenvalue weighted by Gasteiger charge is -2.24. The Bertz CT molecular complexity index is 1330. The highest BCUT2D eigenvalue weighted by Crippen LogP contribution is 2.38. The Kier molecular flexibility index (Phi) is 5.88. The fourth-order valence-electron chi connectivity index (χ4n) is 3.81. The largest absolute Gasteiger partial charge is 0.416 e. The molecule has 172 valence electrons. The molecular formula is C23H18ClF3N2O3S. The molecule has 0 saturated heterocycles. The number of fused-ring (bicyclic) bond motifs is 1. The molecule has 33 heavy (non-hydrogen) atoms. The summed E-state index contributed by atoms with van der Waals surface area (Å²) in [6.07, 6.45) is -4.20. The quantitative estimate of drug-likeness (QED) is 0.502. The molecule has 0 unspecified atom stereocenters. The van der Waals surface area contributed by atoms with Gasteiger partial charge in [-0.1, -0.05) is 29.8 Å². The molecule has 0 bridgehead atoms. The second-order valence-electron chi connectivity index (χ2n) is 7.66. The molecule has 0 saturated carbocycles. The van der Waals surface area contributed by atoms with E-state index in [0.29, 0.717) is 17.7 Å². The number of anilines is 2. The van der Waals surface area contributed by atoms with Gasteiger partial charge in [0.15, 0.2) is 0 Å². The molecule has 0 aromatic heterocycles. The van der Waals surface area contributed by atoms with Crippen molar-refractivity contribution in [3.63, 3.8) is 0 Å². The number of benzene rings is 3. The molecule has 0 spiro atoms. The molecule has 1 aliphatic heterocycles. The second kappa shape index (κ2) is 8.39. The lowest BCUT2D eigenvalue weighted by atomic mass is 10.1. The molecule has 10 heteroatoms. The Morgan fingerprint density at radius 2 is 1.76 bits per heavy atom. The van der Waals surface area contributed by atoms with E-state index in [4.69, 9.17) is 11.6 Å². The topological polar surface area (TPSA) is 66.5 Å². The van der Waals surface area contributed by atoms with E-state index in [1.165, 1.54) is 28.6 Å². The van der Waals surface area contributed by atoms with Crippen LogP contribution in [0.15, 0.2) is 71.6 Å². The number of hydrogen-bond acceptors (Lipinski definition) is 3. The molecule has 0 fully saturated rings. The fraction of sp³-hybridized carbons (Fsp3) is 0.174. The van der Waals surface area contributed by atoms with Crippen molar-refractivity contribution in [2.75, 3.05) is 9.62 Å². The Hall–Kier alpha value is -3.04. The third-order valence-corrected chi connectivity index (χ3v) is 7.61. The molecule has 1 N–H and O–H groups in total. The van der Waals surface area contributed by atoms with Crippen LogP contribution in [0.4, 0.5) is 24.5 Å². The molecular weight excluding hydrogens is 477 g/mol. The van der Waals surface area contributed by atoms with Crippen molar-refractivity contribution in [3.05, 3.63) is 88.4 Å². The zero-order chi connectivity index (χ0) is 24.0. The molecule has 1 aliphatic rings. The number of alkyl halides is 3. The van der Waals surface area contributed by atoms with Gasteiger partial charge in [-0.05, 0) is 67.4 Å². The number of halogens is 4. The first-order valence-electron chi connectivity index (χ1n) is 9.89. The van der Waals surface area contributed by atoms with Crippen LogP contribution < -0.4 is 9.62 Å². The van der Waals surface area contributed by atoms with Crippen molar-refractivity contribution in [1.29, 1.82) is 0 Å². The summed E-state index contributed by atoms with van der Waals surface area (Å²) in [6, 6.07) is 14.8. The van der Waals surface area contributed by atoms with Crippen LogP contribution in [0.3, 0.4) is 0 Å². The molecule has 0 aliphatic carbocycles. The van der Waals surface area contributed by atoms with Crippen molar-refractivity contribution < 1.29 is 26.4 Å². The van der Waals surface area contributed by atoms with Crippen molar-refractivity contribution in [3.8, 4) is 0 Å². The van der Waals surface area contributed by atoms with Crippen LogP contribution in [-0.2, 0) is 22.6 Å². The van der Waals surface area contributed by atoms with E-state index in [0.717, 1.165) is 18.2 Å². The van der Waals surface area contributed by atoms with E-state index < -0.39 is 27.7 Å². The van der Waals surface area contributed by atoms with E-state index in [1.54, 1.807) is 31.2 Å². The van der Waals surface area contributed by atoms with Gasteiger partial charge in [-0.2, -0.15) is 13.2 Å². The predicted octanol–water partition coefficient (Wildman–Crippen LogP) is 5.75. The van der Waals surface area contributed by atoms with Crippen LogP contribution in [-0.4, -0.2) is 20.4 Å². The van der Waals surface area contributed by atoms with Crippen LogP contribution in [0.5, 0.6) is 0 Å². The standard InChI is InChI=1S/C23H18ClF3N2O3S/c1-14-11-16-12-15(22(30)28-20-13-17(23(25,26)27)8-9-19(20)24)7-10-21(16)29(14)33(31,32)18-5-3-2-4-6-18/h2-10,12-14H,11H2,1H3,(H,28,30)/t14-/m0/s1. The van der Waals surface area contributed by atoms with Gasteiger partial charge in [0.1, 0.15) is 0 Å². The molecule has 1 heterocycles. The zero-order valence-corrected chi connectivity index (χ0v) is 18.8. The summed E-state index contributed by atoms with van der Waals surface area (Å²) in [5.74, 6) is -0.656. The summed E-state index contributed by atoms with van der Waals surface area (Å²) in [4.78, 5) is 12.9. The van der Waals surface area contributed by atoms with Crippen LogP contribution in [0, 0.1) is 0 Å². The number of carbonyl (C=O) groups excluding carboxylic acids is 1. The summed E-state index contributed by atoms with van der Waals surface area (Å²) in [7, 11) is -3.80. The molecule has 1 amide bonds. The number of nitrogens with zero attached hydrogens (tertiary/aromatic N) is 1. The molecule has 4 rings (SSSR count). The van der Waals surface area contributed by atoms with Gasteiger partial charge in [0.05, 0.1) is 26.9 Å². The first-order chi connectivity index (χ1) is 15.5. The smallest absolute Gasteiger partial charge is 0.321 e. The minimum Gasteiger partial charge on any atom is -0.321 e. The highest BCUT2D eigenvalue weighted by Gasteiger charge is 2.36. The van der Waals surface area contributed by atoms with Gasteiger partial charge >= 0.3 is 6.18 Å². The van der Waals surface area contributed by atoms with Crippen LogP contribution >= 0.6 is 11.6 Å². The molecule has 3 aromatic rings. The first kappa shape index (κ1) is 23.1. The average Bonchev–Trinajstić information content (AvgIpc) is 3.10.